The van der Waals surface area contributed by atoms with Gasteiger partial charge < -0.3 is 10.0 Å². The van der Waals surface area contributed by atoms with Gasteiger partial charge in [0.25, 0.3) is 0 Å². The van der Waals surface area contributed by atoms with Crippen molar-refractivity contribution in [2.75, 3.05) is 37.6 Å². The third-order valence-electron chi connectivity index (χ3n) is 3.82. The highest BCUT2D eigenvalue weighted by atomic mass is 16.4. The summed E-state index contributed by atoms with van der Waals surface area (Å²) in [5, 5.41) is 17.0. The molecule has 6 heteroatoms. The molecule has 102 valence electrons. The number of aromatic carboxylic acids is 1. The van der Waals surface area contributed by atoms with Gasteiger partial charge in [-0.15, -0.1) is 5.10 Å². The van der Waals surface area contributed by atoms with Crippen molar-refractivity contribution >= 4 is 11.8 Å². The minimum atomic E-state index is -0.940. The predicted molar refractivity (Wildman–Crippen MR) is 70.4 cm³/mol. The van der Waals surface area contributed by atoms with E-state index in [0.717, 1.165) is 32.1 Å². The lowest BCUT2D eigenvalue weighted by molar-refractivity contribution is 0.0696. The van der Waals surface area contributed by atoms with Crippen molar-refractivity contribution in [3.05, 3.63) is 17.8 Å². The molecule has 1 N–H and O–H groups in total. The zero-order valence-corrected chi connectivity index (χ0v) is 10.8. The van der Waals surface area contributed by atoms with E-state index in [2.05, 4.69) is 15.1 Å². The van der Waals surface area contributed by atoms with Crippen LogP contribution < -0.4 is 4.90 Å². The SMILES string of the molecule is O=C(O)c1ccnnc1N1CCN(CC2CC2)CC1. The summed E-state index contributed by atoms with van der Waals surface area (Å²) in [6.45, 7) is 4.80. The normalized spacial score (nSPS) is 20.5. The van der Waals surface area contributed by atoms with Gasteiger partial charge >= 0.3 is 5.97 Å². The van der Waals surface area contributed by atoms with E-state index in [1.165, 1.54) is 31.6 Å². The summed E-state index contributed by atoms with van der Waals surface area (Å²) >= 11 is 0. The van der Waals surface area contributed by atoms with E-state index in [9.17, 15) is 9.90 Å². The molecule has 0 bridgehead atoms. The summed E-state index contributed by atoms with van der Waals surface area (Å²) in [5.41, 5.74) is 0.241. The summed E-state index contributed by atoms with van der Waals surface area (Å²) in [6, 6.07) is 1.52. The average Bonchev–Trinajstić information content (AvgIpc) is 3.23. The fourth-order valence-corrected chi connectivity index (χ4v) is 2.53. The third kappa shape index (κ3) is 2.84. The minimum absolute atomic E-state index is 0.241. The van der Waals surface area contributed by atoms with E-state index in [4.69, 9.17) is 0 Å². The first-order valence-corrected chi connectivity index (χ1v) is 6.76. The van der Waals surface area contributed by atoms with Gasteiger partial charge in [-0.05, 0) is 24.8 Å². The highest BCUT2D eigenvalue weighted by Crippen LogP contribution is 2.30. The van der Waals surface area contributed by atoms with E-state index in [1.54, 1.807) is 0 Å². The van der Waals surface area contributed by atoms with Crippen LogP contribution in [0.15, 0.2) is 12.3 Å². The molecule has 0 radical (unpaired) electrons. The van der Waals surface area contributed by atoms with Gasteiger partial charge in [-0.2, -0.15) is 5.10 Å². The van der Waals surface area contributed by atoms with Gasteiger partial charge in [0, 0.05) is 32.7 Å². The van der Waals surface area contributed by atoms with Gasteiger partial charge in [0.15, 0.2) is 5.82 Å². The molecular formula is C13H18N4O2. The Kier molecular flexibility index (Phi) is 3.33. The third-order valence-corrected chi connectivity index (χ3v) is 3.82. The van der Waals surface area contributed by atoms with E-state index < -0.39 is 5.97 Å². The van der Waals surface area contributed by atoms with E-state index >= 15 is 0 Å². The Morgan fingerprint density at radius 3 is 2.68 bits per heavy atom. The van der Waals surface area contributed by atoms with Crippen LogP contribution in [0.4, 0.5) is 5.82 Å². The number of hydrogen-bond acceptors (Lipinski definition) is 5. The average molecular weight is 262 g/mol. The van der Waals surface area contributed by atoms with Crippen LogP contribution >= 0.6 is 0 Å². The van der Waals surface area contributed by atoms with Crippen LogP contribution in [-0.4, -0.2) is 58.9 Å². The second-order valence-electron chi connectivity index (χ2n) is 5.30. The molecule has 1 aromatic heterocycles. The first kappa shape index (κ1) is 12.3. The van der Waals surface area contributed by atoms with E-state index in [-0.39, 0.29) is 5.56 Å². The fourth-order valence-electron chi connectivity index (χ4n) is 2.53. The van der Waals surface area contributed by atoms with Crippen molar-refractivity contribution in [1.29, 1.82) is 0 Å². The number of carboxylic acids is 1. The summed E-state index contributed by atoms with van der Waals surface area (Å²) in [4.78, 5) is 15.7. The van der Waals surface area contributed by atoms with Crippen LogP contribution in [0.2, 0.25) is 0 Å². The Morgan fingerprint density at radius 2 is 2.05 bits per heavy atom. The largest absolute Gasteiger partial charge is 0.478 e. The van der Waals surface area contributed by atoms with Crippen LogP contribution in [0.5, 0.6) is 0 Å². The van der Waals surface area contributed by atoms with Gasteiger partial charge in [0.05, 0.1) is 6.20 Å². The van der Waals surface area contributed by atoms with Gasteiger partial charge in [-0.3, -0.25) is 4.90 Å². The number of aromatic nitrogens is 2. The van der Waals surface area contributed by atoms with Crippen molar-refractivity contribution in [2.24, 2.45) is 5.92 Å². The molecule has 0 aromatic carbocycles. The lowest BCUT2D eigenvalue weighted by Crippen LogP contribution is -2.47. The number of rotatable bonds is 4. The Balaban J connectivity index is 1.65. The minimum Gasteiger partial charge on any atom is -0.478 e. The molecule has 0 spiro atoms. The van der Waals surface area contributed by atoms with E-state index in [1.807, 2.05) is 4.90 Å². The lowest BCUT2D eigenvalue weighted by atomic mass is 10.2. The molecule has 19 heavy (non-hydrogen) atoms. The van der Waals surface area contributed by atoms with Crippen molar-refractivity contribution in [1.82, 2.24) is 15.1 Å². The number of carboxylic acid groups (broad SMARTS) is 1. The quantitative estimate of drug-likeness (QED) is 0.861. The molecule has 0 amide bonds. The van der Waals surface area contributed by atoms with Crippen molar-refractivity contribution < 1.29 is 9.90 Å². The maximum atomic E-state index is 11.2. The Labute approximate surface area is 112 Å². The molecule has 1 aliphatic carbocycles. The molecule has 1 aromatic rings. The van der Waals surface area contributed by atoms with Gasteiger partial charge in [0.2, 0.25) is 0 Å². The number of carbonyl (C=O) groups is 1. The van der Waals surface area contributed by atoms with E-state index in [0.29, 0.717) is 5.82 Å². The standard InChI is InChI=1S/C13H18N4O2/c18-13(19)11-3-4-14-15-12(11)17-7-5-16(6-8-17)9-10-1-2-10/h3-4,10H,1-2,5-9H2,(H,18,19). The zero-order chi connectivity index (χ0) is 13.2. The summed E-state index contributed by atoms with van der Waals surface area (Å²) in [7, 11) is 0. The molecule has 0 atom stereocenters. The van der Waals surface area contributed by atoms with Crippen molar-refractivity contribution in [2.45, 2.75) is 12.8 Å². The van der Waals surface area contributed by atoms with Gasteiger partial charge in [-0.25, -0.2) is 4.79 Å². The first-order valence-electron chi connectivity index (χ1n) is 6.76. The molecular weight excluding hydrogens is 244 g/mol. The molecule has 0 unspecified atom stereocenters. The number of nitrogens with zero attached hydrogens (tertiary/aromatic N) is 4. The lowest BCUT2D eigenvalue weighted by Gasteiger charge is -2.35. The van der Waals surface area contributed by atoms with Crippen LogP contribution in [-0.2, 0) is 0 Å². The smallest absolute Gasteiger partial charge is 0.339 e. The first-order chi connectivity index (χ1) is 9.24. The monoisotopic (exact) mass is 262 g/mol. The topological polar surface area (TPSA) is 69.6 Å². The van der Waals surface area contributed by atoms with Crippen molar-refractivity contribution in [3.8, 4) is 0 Å². The van der Waals surface area contributed by atoms with Crippen LogP contribution in [0.25, 0.3) is 0 Å². The highest BCUT2D eigenvalue weighted by molar-refractivity contribution is 5.93. The summed E-state index contributed by atoms with van der Waals surface area (Å²) in [6.07, 6.45) is 4.16. The number of hydrogen-bond donors (Lipinski definition) is 1. The van der Waals surface area contributed by atoms with Crippen LogP contribution in [0.1, 0.15) is 23.2 Å². The van der Waals surface area contributed by atoms with Crippen LogP contribution in [0, 0.1) is 5.92 Å². The molecule has 3 rings (SSSR count). The maximum Gasteiger partial charge on any atom is 0.339 e. The molecule has 2 aliphatic rings. The number of anilines is 1. The zero-order valence-electron chi connectivity index (χ0n) is 10.8. The second-order valence-corrected chi connectivity index (χ2v) is 5.30. The Morgan fingerprint density at radius 1 is 1.32 bits per heavy atom. The van der Waals surface area contributed by atoms with Crippen LogP contribution in [0.3, 0.4) is 0 Å². The Bertz CT molecular complexity index is 467. The predicted octanol–water partition coefficient (Wildman–Crippen LogP) is 0.707. The number of piperazine rings is 1. The van der Waals surface area contributed by atoms with Crippen molar-refractivity contribution in [3.63, 3.8) is 0 Å². The maximum absolute atomic E-state index is 11.2. The van der Waals surface area contributed by atoms with Gasteiger partial charge in [-0.1, -0.05) is 0 Å². The molecule has 2 fully saturated rings. The Hall–Kier alpha value is -1.69. The molecule has 1 saturated heterocycles. The molecule has 2 heterocycles. The fraction of sp³-hybridized carbons (Fsp3) is 0.615. The summed E-state index contributed by atoms with van der Waals surface area (Å²) in [5.74, 6) is 0.462. The molecule has 1 aliphatic heterocycles. The molecule has 6 nitrogen and oxygen atoms in total. The second kappa shape index (κ2) is 5.13. The highest BCUT2D eigenvalue weighted by Gasteiger charge is 2.27. The van der Waals surface area contributed by atoms with Gasteiger partial charge in [0.1, 0.15) is 5.56 Å². The summed E-state index contributed by atoms with van der Waals surface area (Å²) < 4.78 is 0. The molecule has 1 saturated carbocycles.